The molecule has 0 saturated carbocycles. The van der Waals surface area contributed by atoms with Gasteiger partial charge in [-0.1, -0.05) is 35.5 Å². The number of hydrogen-bond donors (Lipinski definition) is 0. The SMILES string of the molecule is O=C(COc1ccccc1)N1CCC(Oc2ccccc2-c2nc(C3CCOCC3)no2)C1. The van der Waals surface area contributed by atoms with Crippen molar-refractivity contribution in [2.24, 2.45) is 0 Å². The van der Waals surface area contributed by atoms with Gasteiger partial charge in [0.15, 0.2) is 12.4 Å². The Morgan fingerprint density at radius 3 is 2.67 bits per heavy atom. The summed E-state index contributed by atoms with van der Waals surface area (Å²) in [6.07, 6.45) is 2.45. The van der Waals surface area contributed by atoms with Gasteiger partial charge in [-0.15, -0.1) is 0 Å². The smallest absolute Gasteiger partial charge is 0.261 e. The number of benzene rings is 2. The minimum absolute atomic E-state index is 0.0181. The average Bonchev–Trinajstić information content (AvgIpc) is 3.55. The summed E-state index contributed by atoms with van der Waals surface area (Å²) in [5.41, 5.74) is 0.764. The first-order valence-corrected chi connectivity index (χ1v) is 11.4. The van der Waals surface area contributed by atoms with Crippen molar-refractivity contribution >= 4 is 5.91 Å². The standard InChI is InChI=1S/C25H27N3O5/c29-23(17-31-19-6-2-1-3-7-19)28-13-10-20(16-28)32-22-9-5-4-8-21(22)25-26-24(27-33-25)18-11-14-30-15-12-18/h1-9,18,20H,10-17H2. The van der Waals surface area contributed by atoms with Crippen molar-refractivity contribution in [3.05, 3.63) is 60.4 Å². The molecule has 3 aromatic rings. The maximum absolute atomic E-state index is 12.6. The van der Waals surface area contributed by atoms with Gasteiger partial charge in [-0.25, -0.2) is 0 Å². The monoisotopic (exact) mass is 449 g/mol. The fraction of sp³-hybridized carbons (Fsp3) is 0.400. The zero-order chi connectivity index (χ0) is 22.5. The number of amides is 1. The highest BCUT2D eigenvalue weighted by molar-refractivity contribution is 5.78. The molecule has 2 aromatic carbocycles. The lowest BCUT2D eigenvalue weighted by molar-refractivity contribution is -0.132. The Morgan fingerprint density at radius 1 is 1.03 bits per heavy atom. The number of aromatic nitrogens is 2. The van der Waals surface area contributed by atoms with Gasteiger partial charge in [0.2, 0.25) is 0 Å². The number of para-hydroxylation sites is 2. The molecule has 0 bridgehead atoms. The molecule has 1 atom stereocenters. The average molecular weight is 450 g/mol. The summed E-state index contributed by atoms with van der Waals surface area (Å²) in [7, 11) is 0. The summed E-state index contributed by atoms with van der Waals surface area (Å²) in [5.74, 6) is 2.76. The van der Waals surface area contributed by atoms with E-state index in [9.17, 15) is 4.79 Å². The summed E-state index contributed by atoms with van der Waals surface area (Å²) in [5, 5.41) is 4.21. The third-order valence-corrected chi connectivity index (χ3v) is 6.04. The number of hydrogen-bond acceptors (Lipinski definition) is 7. The molecule has 5 rings (SSSR count). The number of carbonyl (C=O) groups excluding carboxylic acids is 1. The lowest BCUT2D eigenvalue weighted by Gasteiger charge is -2.18. The number of likely N-dealkylation sites (tertiary alicyclic amines) is 1. The first kappa shape index (κ1) is 21.5. The second-order valence-electron chi connectivity index (χ2n) is 8.31. The largest absolute Gasteiger partial charge is 0.488 e. The molecule has 2 aliphatic rings. The van der Waals surface area contributed by atoms with Gasteiger partial charge in [0, 0.05) is 32.1 Å². The van der Waals surface area contributed by atoms with E-state index in [0.717, 1.165) is 43.9 Å². The zero-order valence-electron chi connectivity index (χ0n) is 18.4. The predicted octanol–water partition coefficient (Wildman–Crippen LogP) is 3.69. The first-order valence-electron chi connectivity index (χ1n) is 11.4. The molecule has 2 saturated heterocycles. The molecule has 1 aromatic heterocycles. The summed E-state index contributed by atoms with van der Waals surface area (Å²) in [6, 6.07) is 17.0. The van der Waals surface area contributed by atoms with Gasteiger partial charge in [-0.3, -0.25) is 4.79 Å². The minimum atomic E-state index is -0.107. The van der Waals surface area contributed by atoms with Crippen LogP contribution in [0.2, 0.25) is 0 Å². The van der Waals surface area contributed by atoms with E-state index in [2.05, 4.69) is 10.1 Å². The Balaban J connectivity index is 1.20. The molecular formula is C25H27N3O5. The van der Waals surface area contributed by atoms with Gasteiger partial charge >= 0.3 is 0 Å². The molecular weight excluding hydrogens is 422 g/mol. The molecule has 8 heteroatoms. The lowest BCUT2D eigenvalue weighted by Crippen LogP contribution is -2.34. The fourth-order valence-corrected chi connectivity index (χ4v) is 4.20. The lowest BCUT2D eigenvalue weighted by atomic mass is 10.00. The highest BCUT2D eigenvalue weighted by Gasteiger charge is 2.29. The molecule has 0 aliphatic carbocycles. The highest BCUT2D eigenvalue weighted by atomic mass is 16.5. The van der Waals surface area contributed by atoms with Gasteiger partial charge in [0.05, 0.1) is 12.1 Å². The van der Waals surface area contributed by atoms with Crippen molar-refractivity contribution in [3.8, 4) is 23.0 Å². The third-order valence-electron chi connectivity index (χ3n) is 6.04. The Hall–Kier alpha value is -3.39. The van der Waals surface area contributed by atoms with E-state index < -0.39 is 0 Å². The maximum atomic E-state index is 12.6. The second-order valence-corrected chi connectivity index (χ2v) is 8.31. The van der Waals surface area contributed by atoms with Gasteiger partial charge in [0.1, 0.15) is 17.6 Å². The zero-order valence-corrected chi connectivity index (χ0v) is 18.4. The van der Waals surface area contributed by atoms with E-state index in [0.29, 0.717) is 30.5 Å². The first-order chi connectivity index (χ1) is 16.3. The molecule has 0 spiro atoms. The maximum Gasteiger partial charge on any atom is 0.261 e. The van der Waals surface area contributed by atoms with E-state index in [-0.39, 0.29) is 24.5 Å². The quantitative estimate of drug-likeness (QED) is 0.544. The van der Waals surface area contributed by atoms with Crippen molar-refractivity contribution in [2.75, 3.05) is 32.9 Å². The van der Waals surface area contributed by atoms with E-state index in [1.807, 2.05) is 54.6 Å². The summed E-state index contributed by atoms with van der Waals surface area (Å²) in [4.78, 5) is 19.0. The molecule has 2 fully saturated rings. The van der Waals surface area contributed by atoms with Crippen LogP contribution in [0, 0.1) is 0 Å². The Labute approximate surface area is 192 Å². The van der Waals surface area contributed by atoms with E-state index in [4.69, 9.17) is 18.7 Å². The number of rotatable bonds is 7. The van der Waals surface area contributed by atoms with Gasteiger partial charge < -0.3 is 23.6 Å². The van der Waals surface area contributed by atoms with Crippen LogP contribution in [0.25, 0.3) is 11.5 Å². The normalized spacial score (nSPS) is 18.9. The summed E-state index contributed by atoms with van der Waals surface area (Å²) < 4.78 is 22.9. The van der Waals surface area contributed by atoms with Crippen LogP contribution >= 0.6 is 0 Å². The van der Waals surface area contributed by atoms with Crippen LogP contribution < -0.4 is 9.47 Å². The third kappa shape index (κ3) is 5.17. The highest BCUT2D eigenvalue weighted by Crippen LogP contribution is 2.33. The molecule has 8 nitrogen and oxygen atoms in total. The molecule has 0 radical (unpaired) electrons. The van der Waals surface area contributed by atoms with Crippen LogP contribution in [0.4, 0.5) is 0 Å². The molecule has 0 N–H and O–H groups in total. The van der Waals surface area contributed by atoms with E-state index in [1.165, 1.54) is 0 Å². The van der Waals surface area contributed by atoms with E-state index >= 15 is 0 Å². The molecule has 172 valence electrons. The number of ether oxygens (including phenoxy) is 3. The minimum Gasteiger partial charge on any atom is -0.488 e. The van der Waals surface area contributed by atoms with Crippen LogP contribution in [0.1, 0.15) is 31.0 Å². The van der Waals surface area contributed by atoms with Crippen LogP contribution in [-0.4, -0.2) is 60.0 Å². The van der Waals surface area contributed by atoms with Gasteiger partial charge in [-0.05, 0) is 37.1 Å². The van der Waals surface area contributed by atoms with Crippen LogP contribution in [0.3, 0.4) is 0 Å². The fourth-order valence-electron chi connectivity index (χ4n) is 4.20. The Morgan fingerprint density at radius 2 is 1.82 bits per heavy atom. The number of nitrogens with zero attached hydrogens (tertiary/aromatic N) is 3. The van der Waals surface area contributed by atoms with Crippen molar-refractivity contribution < 1.29 is 23.5 Å². The van der Waals surface area contributed by atoms with Gasteiger partial charge in [-0.2, -0.15) is 4.98 Å². The summed E-state index contributed by atoms with van der Waals surface area (Å²) in [6.45, 7) is 2.62. The summed E-state index contributed by atoms with van der Waals surface area (Å²) >= 11 is 0. The number of carbonyl (C=O) groups is 1. The van der Waals surface area contributed by atoms with Crippen molar-refractivity contribution in [1.82, 2.24) is 15.0 Å². The Kier molecular flexibility index (Phi) is 6.53. The predicted molar refractivity (Wildman–Crippen MR) is 120 cm³/mol. The Bertz CT molecular complexity index is 1060. The van der Waals surface area contributed by atoms with Crippen molar-refractivity contribution in [3.63, 3.8) is 0 Å². The van der Waals surface area contributed by atoms with Crippen molar-refractivity contribution in [1.29, 1.82) is 0 Å². The molecule has 2 aliphatic heterocycles. The molecule has 1 amide bonds. The van der Waals surface area contributed by atoms with Crippen LogP contribution in [0.15, 0.2) is 59.1 Å². The van der Waals surface area contributed by atoms with Crippen molar-refractivity contribution in [2.45, 2.75) is 31.3 Å². The van der Waals surface area contributed by atoms with Crippen LogP contribution in [0.5, 0.6) is 11.5 Å². The molecule has 1 unspecified atom stereocenters. The molecule has 33 heavy (non-hydrogen) atoms. The second kappa shape index (κ2) is 10.0. The van der Waals surface area contributed by atoms with Crippen LogP contribution in [-0.2, 0) is 9.53 Å². The van der Waals surface area contributed by atoms with Gasteiger partial charge in [0.25, 0.3) is 11.8 Å². The van der Waals surface area contributed by atoms with E-state index in [1.54, 1.807) is 4.90 Å². The topological polar surface area (TPSA) is 86.9 Å². The molecule has 3 heterocycles.